The molecule has 0 aliphatic rings. The fourth-order valence-corrected chi connectivity index (χ4v) is 2.69. The number of anilines is 1. The van der Waals surface area contributed by atoms with Gasteiger partial charge in [-0.1, -0.05) is 6.92 Å². The first-order valence-corrected chi connectivity index (χ1v) is 8.08. The number of amides is 1. The highest BCUT2D eigenvalue weighted by Crippen LogP contribution is 2.20. The molecule has 1 heterocycles. The first-order chi connectivity index (χ1) is 9.69. The van der Waals surface area contributed by atoms with Crippen molar-refractivity contribution in [2.45, 2.75) is 40.2 Å². The van der Waals surface area contributed by atoms with Crippen LogP contribution in [0.15, 0.2) is 5.38 Å². The van der Waals surface area contributed by atoms with E-state index in [0.717, 1.165) is 50.0 Å². The molecule has 1 amide bonds. The van der Waals surface area contributed by atoms with E-state index < -0.39 is 0 Å². The molecule has 1 N–H and O–H groups in total. The lowest BCUT2D eigenvalue weighted by atomic mass is 10.4. The molecule has 5 nitrogen and oxygen atoms in total. The smallest absolute Gasteiger partial charge is 0.225 e. The van der Waals surface area contributed by atoms with Crippen LogP contribution in [0.2, 0.25) is 0 Å². The molecule has 20 heavy (non-hydrogen) atoms. The molecule has 6 heteroatoms. The predicted octanol–water partition coefficient (Wildman–Crippen LogP) is 2.42. The van der Waals surface area contributed by atoms with Gasteiger partial charge in [-0.05, 0) is 26.3 Å². The van der Waals surface area contributed by atoms with Crippen LogP contribution in [0.1, 0.15) is 39.3 Å². The number of nitrogens with one attached hydrogen (secondary N) is 1. The lowest BCUT2D eigenvalue weighted by molar-refractivity contribution is -0.116. The summed E-state index contributed by atoms with van der Waals surface area (Å²) in [5.74, 6) is 0.0365. The summed E-state index contributed by atoms with van der Waals surface area (Å²) in [4.78, 5) is 17.6. The molecule has 1 rings (SSSR count). The minimum absolute atomic E-state index is 0.0365. The average Bonchev–Trinajstić information content (AvgIpc) is 2.87. The molecule has 0 aliphatic carbocycles. The Balaban J connectivity index is 2.25. The van der Waals surface area contributed by atoms with E-state index in [2.05, 4.69) is 17.2 Å². The molecule has 0 bridgehead atoms. The third kappa shape index (κ3) is 5.98. The van der Waals surface area contributed by atoms with Crippen molar-refractivity contribution in [3.63, 3.8) is 0 Å². The summed E-state index contributed by atoms with van der Waals surface area (Å²) in [6, 6.07) is 0. The molecular formula is C14H25N3O2S. The van der Waals surface area contributed by atoms with E-state index in [1.165, 1.54) is 11.3 Å². The topological polar surface area (TPSA) is 54.5 Å². The minimum Gasteiger partial charge on any atom is -0.381 e. The van der Waals surface area contributed by atoms with Gasteiger partial charge in [-0.2, -0.15) is 0 Å². The van der Waals surface area contributed by atoms with Gasteiger partial charge >= 0.3 is 0 Å². The van der Waals surface area contributed by atoms with Gasteiger partial charge in [0.2, 0.25) is 5.91 Å². The van der Waals surface area contributed by atoms with Gasteiger partial charge in [-0.3, -0.25) is 9.69 Å². The van der Waals surface area contributed by atoms with Gasteiger partial charge < -0.3 is 10.1 Å². The Labute approximate surface area is 125 Å². The van der Waals surface area contributed by atoms with Crippen LogP contribution < -0.4 is 10.2 Å². The second kappa shape index (κ2) is 9.85. The number of carbonyl (C=O) groups is 1. The van der Waals surface area contributed by atoms with Crippen molar-refractivity contribution in [1.82, 2.24) is 10.3 Å². The second-order valence-corrected chi connectivity index (χ2v) is 5.36. The van der Waals surface area contributed by atoms with Crippen molar-refractivity contribution in [2.75, 3.05) is 31.2 Å². The normalized spacial score (nSPS) is 10.8. The first kappa shape index (κ1) is 17.1. The van der Waals surface area contributed by atoms with Crippen LogP contribution in [0.3, 0.4) is 0 Å². The molecule has 0 atom stereocenters. The average molecular weight is 299 g/mol. The molecule has 0 radical (unpaired) electrons. The maximum Gasteiger partial charge on any atom is 0.225 e. The Bertz CT molecular complexity index is 396. The van der Waals surface area contributed by atoms with E-state index in [4.69, 9.17) is 4.74 Å². The molecule has 0 spiro atoms. The van der Waals surface area contributed by atoms with E-state index in [1.807, 2.05) is 12.3 Å². The van der Waals surface area contributed by atoms with Crippen LogP contribution in [0.5, 0.6) is 0 Å². The Morgan fingerprint density at radius 3 is 2.90 bits per heavy atom. The van der Waals surface area contributed by atoms with Gasteiger partial charge in [0.25, 0.3) is 0 Å². The fraction of sp³-hybridized carbons (Fsp3) is 0.714. The van der Waals surface area contributed by atoms with Crippen molar-refractivity contribution >= 4 is 22.4 Å². The SMILES string of the molecule is CCCOCCCNCc1csc(N(CC)C(C)=O)n1. The van der Waals surface area contributed by atoms with E-state index in [1.54, 1.807) is 11.8 Å². The monoisotopic (exact) mass is 299 g/mol. The Hall–Kier alpha value is -0.980. The van der Waals surface area contributed by atoms with Gasteiger partial charge in [0.15, 0.2) is 5.13 Å². The zero-order valence-corrected chi connectivity index (χ0v) is 13.5. The third-order valence-corrected chi connectivity index (χ3v) is 3.68. The number of hydrogen-bond acceptors (Lipinski definition) is 5. The molecule has 0 aliphatic heterocycles. The summed E-state index contributed by atoms with van der Waals surface area (Å²) in [5.41, 5.74) is 0.985. The van der Waals surface area contributed by atoms with Crippen LogP contribution in [-0.2, 0) is 16.1 Å². The number of hydrogen-bond donors (Lipinski definition) is 1. The Kier molecular flexibility index (Phi) is 8.41. The number of thiazole rings is 1. The molecule has 1 aromatic rings. The molecule has 114 valence electrons. The molecule has 1 aromatic heterocycles. The molecular weight excluding hydrogens is 274 g/mol. The maximum atomic E-state index is 11.4. The molecule has 0 saturated heterocycles. The summed E-state index contributed by atoms with van der Waals surface area (Å²) < 4.78 is 5.41. The fourth-order valence-electron chi connectivity index (χ4n) is 1.76. The predicted molar refractivity (Wildman–Crippen MR) is 83.2 cm³/mol. The summed E-state index contributed by atoms with van der Waals surface area (Å²) in [7, 11) is 0. The second-order valence-electron chi connectivity index (χ2n) is 4.53. The number of nitrogens with zero attached hydrogens (tertiary/aromatic N) is 2. The van der Waals surface area contributed by atoms with E-state index >= 15 is 0 Å². The van der Waals surface area contributed by atoms with Crippen LogP contribution in [0.4, 0.5) is 5.13 Å². The van der Waals surface area contributed by atoms with E-state index in [9.17, 15) is 4.79 Å². The zero-order valence-electron chi connectivity index (χ0n) is 12.6. The summed E-state index contributed by atoms with van der Waals surface area (Å²) >= 11 is 1.51. The van der Waals surface area contributed by atoms with Crippen LogP contribution in [0, 0.1) is 0 Å². The lowest BCUT2D eigenvalue weighted by Gasteiger charge is -2.14. The number of ether oxygens (including phenoxy) is 1. The van der Waals surface area contributed by atoms with Crippen LogP contribution in [-0.4, -0.2) is 37.2 Å². The van der Waals surface area contributed by atoms with Crippen molar-refractivity contribution in [3.05, 3.63) is 11.1 Å². The van der Waals surface area contributed by atoms with Gasteiger partial charge in [-0.25, -0.2) is 4.98 Å². The minimum atomic E-state index is 0.0365. The lowest BCUT2D eigenvalue weighted by Crippen LogP contribution is -2.27. The maximum absolute atomic E-state index is 11.4. The van der Waals surface area contributed by atoms with Crippen molar-refractivity contribution in [3.8, 4) is 0 Å². The highest BCUT2D eigenvalue weighted by Gasteiger charge is 2.12. The van der Waals surface area contributed by atoms with Gasteiger partial charge in [0.1, 0.15) is 0 Å². The molecule has 0 aromatic carbocycles. The number of rotatable bonds is 10. The third-order valence-electron chi connectivity index (χ3n) is 2.76. The van der Waals surface area contributed by atoms with E-state index in [-0.39, 0.29) is 5.91 Å². The molecule has 0 saturated carbocycles. The molecule has 0 unspecified atom stereocenters. The number of aromatic nitrogens is 1. The summed E-state index contributed by atoms with van der Waals surface area (Å²) in [6.07, 6.45) is 2.07. The number of carbonyl (C=O) groups excluding carboxylic acids is 1. The first-order valence-electron chi connectivity index (χ1n) is 7.20. The van der Waals surface area contributed by atoms with Gasteiger partial charge in [-0.15, -0.1) is 11.3 Å². The van der Waals surface area contributed by atoms with Crippen LogP contribution in [0.25, 0.3) is 0 Å². The van der Waals surface area contributed by atoms with Crippen LogP contribution >= 0.6 is 11.3 Å². The summed E-state index contributed by atoms with van der Waals surface area (Å²) in [5, 5.41) is 6.12. The standard InChI is InChI=1S/C14H25N3O2S/c1-4-8-19-9-6-7-15-10-13-11-20-14(16-13)17(5-2)12(3)18/h11,15H,4-10H2,1-3H3. The van der Waals surface area contributed by atoms with E-state index in [0.29, 0.717) is 6.54 Å². The highest BCUT2D eigenvalue weighted by atomic mass is 32.1. The van der Waals surface area contributed by atoms with Crippen molar-refractivity contribution < 1.29 is 9.53 Å². The van der Waals surface area contributed by atoms with Gasteiger partial charge in [0, 0.05) is 38.6 Å². The quantitative estimate of drug-likeness (QED) is 0.674. The Morgan fingerprint density at radius 2 is 2.25 bits per heavy atom. The zero-order chi connectivity index (χ0) is 14.8. The van der Waals surface area contributed by atoms with Gasteiger partial charge in [0.05, 0.1) is 5.69 Å². The van der Waals surface area contributed by atoms with Crippen molar-refractivity contribution in [1.29, 1.82) is 0 Å². The molecule has 0 fully saturated rings. The summed E-state index contributed by atoms with van der Waals surface area (Å²) in [6.45, 7) is 9.59. The highest BCUT2D eigenvalue weighted by molar-refractivity contribution is 7.14. The van der Waals surface area contributed by atoms with Crippen molar-refractivity contribution in [2.24, 2.45) is 0 Å². The Morgan fingerprint density at radius 1 is 1.45 bits per heavy atom. The largest absolute Gasteiger partial charge is 0.381 e.